The molecule has 2 heterocycles. The smallest absolute Gasteiger partial charge is 0.206 e. The number of aromatic nitrogens is 4. The predicted molar refractivity (Wildman–Crippen MR) is 96.8 cm³/mol. The molecule has 2 aromatic heterocycles. The highest BCUT2D eigenvalue weighted by molar-refractivity contribution is 8.01. The summed E-state index contributed by atoms with van der Waals surface area (Å²) in [7, 11) is 0. The lowest BCUT2D eigenvalue weighted by atomic mass is 10.2. The maximum Gasteiger partial charge on any atom is 0.206 e. The monoisotopic (exact) mass is 393 g/mol. The van der Waals surface area contributed by atoms with Crippen LogP contribution in [0, 0.1) is 5.82 Å². The lowest BCUT2D eigenvalue weighted by molar-refractivity contribution is 0.627. The Bertz CT molecular complexity index is 882. The van der Waals surface area contributed by atoms with Crippen molar-refractivity contribution >= 4 is 39.8 Å². The normalized spacial score (nSPS) is 13.8. The van der Waals surface area contributed by atoms with E-state index in [9.17, 15) is 4.39 Å². The van der Waals surface area contributed by atoms with Gasteiger partial charge >= 0.3 is 0 Å². The van der Waals surface area contributed by atoms with E-state index in [1.165, 1.54) is 35.2 Å². The molecule has 1 fully saturated rings. The molecular weight excluding hydrogens is 381 g/mol. The molecule has 4 rings (SSSR count). The van der Waals surface area contributed by atoms with Gasteiger partial charge < -0.3 is 5.32 Å². The van der Waals surface area contributed by atoms with Gasteiger partial charge in [0.2, 0.25) is 5.13 Å². The zero-order valence-electron chi connectivity index (χ0n) is 12.9. The number of rotatable bonds is 6. The van der Waals surface area contributed by atoms with Crippen LogP contribution in [0.1, 0.15) is 30.1 Å². The fourth-order valence-corrected chi connectivity index (χ4v) is 4.14. The zero-order chi connectivity index (χ0) is 17.2. The first-order valence-corrected chi connectivity index (χ1v) is 9.71. The van der Waals surface area contributed by atoms with Gasteiger partial charge in [0.25, 0.3) is 0 Å². The van der Waals surface area contributed by atoms with Gasteiger partial charge in [-0.25, -0.2) is 14.4 Å². The van der Waals surface area contributed by atoms with Gasteiger partial charge in [-0.15, -0.1) is 10.2 Å². The molecule has 1 aromatic carbocycles. The summed E-state index contributed by atoms with van der Waals surface area (Å²) in [6, 6.07) is 8.09. The highest BCUT2D eigenvalue weighted by Crippen LogP contribution is 2.40. The maximum absolute atomic E-state index is 12.9. The minimum Gasteiger partial charge on any atom is -0.356 e. The third kappa shape index (κ3) is 4.45. The third-order valence-corrected chi connectivity index (χ3v) is 5.63. The van der Waals surface area contributed by atoms with Crippen molar-refractivity contribution in [1.29, 1.82) is 0 Å². The van der Waals surface area contributed by atoms with Gasteiger partial charge in [-0.2, -0.15) is 0 Å². The molecule has 0 aliphatic heterocycles. The van der Waals surface area contributed by atoms with Crippen LogP contribution < -0.4 is 5.32 Å². The van der Waals surface area contributed by atoms with Crippen LogP contribution in [-0.2, 0) is 6.54 Å². The lowest BCUT2D eigenvalue weighted by Gasteiger charge is -2.02. The number of hydrogen-bond donors (Lipinski definition) is 1. The van der Waals surface area contributed by atoms with E-state index in [2.05, 4.69) is 25.5 Å². The van der Waals surface area contributed by atoms with Crippen molar-refractivity contribution in [2.24, 2.45) is 0 Å². The van der Waals surface area contributed by atoms with Crippen molar-refractivity contribution in [2.75, 3.05) is 5.32 Å². The number of halogens is 2. The summed E-state index contributed by atoms with van der Waals surface area (Å²) < 4.78 is 13.7. The second kappa shape index (κ2) is 7.23. The molecule has 3 aromatic rings. The van der Waals surface area contributed by atoms with Crippen LogP contribution in [-0.4, -0.2) is 20.2 Å². The molecule has 1 saturated carbocycles. The number of benzene rings is 1. The summed E-state index contributed by atoms with van der Waals surface area (Å²) >= 11 is 8.95. The van der Waals surface area contributed by atoms with Crippen molar-refractivity contribution in [3.8, 4) is 0 Å². The van der Waals surface area contributed by atoms with E-state index in [-0.39, 0.29) is 5.82 Å². The van der Waals surface area contributed by atoms with Crippen molar-refractivity contribution in [3.63, 3.8) is 0 Å². The summed E-state index contributed by atoms with van der Waals surface area (Å²) in [4.78, 5) is 8.83. The molecule has 1 aliphatic rings. The number of hydrogen-bond acceptors (Lipinski definition) is 7. The van der Waals surface area contributed by atoms with Gasteiger partial charge in [0.1, 0.15) is 21.8 Å². The topological polar surface area (TPSA) is 63.6 Å². The van der Waals surface area contributed by atoms with Crippen LogP contribution in [0.15, 0.2) is 39.7 Å². The van der Waals surface area contributed by atoms with Crippen molar-refractivity contribution < 1.29 is 4.39 Å². The predicted octanol–water partition coefficient (Wildman–Crippen LogP) is 4.76. The van der Waals surface area contributed by atoms with E-state index >= 15 is 0 Å². The van der Waals surface area contributed by atoms with Crippen LogP contribution in [0.2, 0.25) is 5.15 Å². The zero-order valence-corrected chi connectivity index (χ0v) is 15.3. The van der Waals surface area contributed by atoms with Gasteiger partial charge in [-0.1, -0.05) is 35.1 Å². The van der Waals surface area contributed by atoms with Crippen LogP contribution in [0.3, 0.4) is 0 Å². The minimum absolute atomic E-state index is 0.243. The van der Waals surface area contributed by atoms with E-state index in [4.69, 9.17) is 11.6 Å². The molecule has 0 atom stereocenters. The van der Waals surface area contributed by atoms with Gasteiger partial charge in [-0.3, -0.25) is 0 Å². The summed E-state index contributed by atoms with van der Waals surface area (Å²) in [5.41, 5.74) is 0.975. The standard InChI is InChI=1S/C16H13ClFN5S2/c17-12-7-13(21-14(20-12)10-3-4-10)24-16-23-22-15(25-16)19-8-9-1-5-11(18)6-2-9/h1-2,5-7,10H,3-4,8H2,(H,19,22). The first-order chi connectivity index (χ1) is 12.2. The summed E-state index contributed by atoms with van der Waals surface area (Å²) in [6.45, 7) is 0.560. The molecule has 9 heteroatoms. The average Bonchev–Trinajstić information content (AvgIpc) is 3.35. The summed E-state index contributed by atoms with van der Waals surface area (Å²) in [5.74, 6) is 1.02. The summed E-state index contributed by atoms with van der Waals surface area (Å²) in [6.07, 6.45) is 2.25. The van der Waals surface area contributed by atoms with E-state index in [1.807, 2.05) is 0 Å². The Labute approximate surface area is 157 Å². The highest BCUT2D eigenvalue weighted by Gasteiger charge is 2.27. The van der Waals surface area contributed by atoms with Crippen LogP contribution in [0.4, 0.5) is 9.52 Å². The van der Waals surface area contributed by atoms with Crippen LogP contribution >= 0.6 is 34.7 Å². The Balaban J connectivity index is 1.40. The SMILES string of the molecule is Fc1ccc(CNc2nnc(Sc3cc(Cl)nc(C4CC4)n3)s2)cc1. The Kier molecular flexibility index (Phi) is 4.82. The fourth-order valence-electron chi connectivity index (χ4n) is 2.18. The highest BCUT2D eigenvalue weighted by atomic mass is 35.5. The van der Waals surface area contributed by atoms with Gasteiger partial charge in [-0.05, 0) is 42.3 Å². The molecule has 1 N–H and O–H groups in total. The molecule has 0 bridgehead atoms. The molecule has 1 aliphatic carbocycles. The maximum atomic E-state index is 12.9. The fraction of sp³-hybridized carbons (Fsp3) is 0.250. The molecule has 0 saturated heterocycles. The molecule has 128 valence electrons. The molecule has 0 radical (unpaired) electrons. The minimum atomic E-state index is -0.243. The van der Waals surface area contributed by atoms with E-state index in [0.717, 1.165) is 33.6 Å². The van der Waals surface area contributed by atoms with Crippen molar-refractivity contribution in [3.05, 3.63) is 52.7 Å². The summed E-state index contributed by atoms with van der Waals surface area (Å²) in [5, 5.41) is 13.4. The Morgan fingerprint density at radius 1 is 1.20 bits per heavy atom. The third-order valence-electron chi connectivity index (χ3n) is 3.59. The largest absolute Gasteiger partial charge is 0.356 e. The van der Waals surface area contributed by atoms with E-state index in [0.29, 0.717) is 22.7 Å². The molecule has 0 amide bonds. The first-order valence-electron chi connectivity index (χ1n) is 7.70. The Morgan fingerprint density at radius 2 is 2.00 bits per heavy atom. The van der Waals surface area contributed by atoms with E-state index in [1.54, 1.807) is 18.2 Å². The molecule has 0 spiro atoms. The second-order valence-electron chi connectivity index (χ2n) is 5.62. The van der Waals surface area contributed by atoms with Gasteiger partial charge in [0.15, 0.2) is 4.34 Å². The number of anilines is 1. The second-order valence-corrected chi connectivity index (χ2v) is 8.25. The van der Waals surface area contributed by atoms with E-state index < -0.39 is 0 Å². The molecule has 0 unspecified atom stereocenters. The first kappa shape index (κ1) is 16.7. The van der Waals surface area contributed by atoms with Gasteiger partial charge in [0, 0.05) is 18.5 Å². The van der Waals surface area contributed by atoms with Crippen molar-refractivity contribution in [1.82, 2.24) is 20.2 Å². The number of nitrogens with one attached hydrogen (secondary N) is 1. The molecular formula is C16H13ClFN5S2. The van der Waals surface area contributed by atoms with Crippen LogP contribution in [0.25, 0.3) is 0 Å². The molecule has 5 nitrogen and oxygen atoms in total. The lowest BCUT2D eigenvalue weighted by Crippen LogP contribution is -1.98. The quantitative estimate of drug-likeness (QED) is 0.609. The Hall–Kier alpha value is -1.77. The van der Waals surface area contributed by atoms with Crippen LogP contribution in [0.5, 0.6) is 0 Å². The van der Waals surface area contributed by atoms with Crippen molar-refractivity contribution in [2.45, 2.75) is 34.7 Å². The Morgan fingerprint density at radius 3 is 2.76 bits per heavy atom. The van der Waals surface area contributed by atoms with Gasteiger partial charge in [0.05, 0.1) is 0 Å². The molecule has 25 heavy (non-hydrogen) atoms. The average molecular weight is 394 g/mol. The number of nitrogens with zero attached hydrogens (tertiary/aromatic N) is 4.